The minimum absolute atomic E-state index is 0.283. The van der Waals surface area contributed by atoms with Crippen molar-refractivity contribution in [3.8, 4) is 0 Å². The molecule has 0 aromatic carbocycles. The van der Waals surface area contributed by atoms with Crippen LogP contribution < -0.4 is 5.32 Å². The van der Waals surface area contributed by atoms with E-state index in [1.54, 1.807) is 6.08 Å². The highest BCUT2D eigenvalue weighted by Gasteiger charge is 2.27. The van der Waals surface area contributed by atoms with Crippen LogP contribution in [0.3, 0.4) is 0 Å². The molecule has 202 valence electrons. The van der Waals surface area contributed by atoms with Gasteiger partial charge in [0.05, 0.1) is 17.9 Å². The van der Waals surface area contributed by atoms with E-state index in [0.717, 1.165) is 44.9 Å². The molecule has 0 saturated heterocycles. The summed E-state index contributed by atoms with van der Waals surface area (Å²) in [5, 5.41) is 22.8. The highest BCUT2D eigenvalue weighted by atomic mass is 32.2. The lowest BCUT2D eigenvalue weighted by atomic mass is 10.0. The Morgan fingerprint density at radius 3 is 1.76 bits per heavy atom. The van der Waals surface area contributed by atoms with Gasteiger partial charge in [-0.25, -0.2) is 0 Å². The molecule has 3 atom stereocenters. The molecule has 0 saturated carbocycles. The normalized spacial score (nSPS) is 14.9. The van der Waals surface area contributed by atoms with Crippen molar-refractivity contribution in [1.82, 2.24) is 5.32 Å². The van der Waals surface area contributed by atoms with Crippen molar-refractivity contribution in [3.05, 3.63) is 12.2 Å². The SMILES string of the molecule is CCCCC/C=C/C(O)C(CS(=O)(=O)O)NC(=O)C(O)CCCCCCCCCCCCCC. The van der Waals surface area contributed by atoms with Crippen LogP contribution in [0.1, 0.15) is 123 Å². The summed E-state index contributed by atoms with van der Waals surface area (Å²) in [7, 11) is -4.41. The van der Waals surface area contributed by atoms with E-state index in [2.05, 4.69) is 19.2 Å². The Hall–Kier alpha value is -0.960. The summed E-state index contributed by atoms with van der Waals surface area (Å²) in [5.74, 6) is -1.54. The third-order valence-electron chi connectivity index (χ3n) is 6.07. The summed E-state index contributed by atoms with van der Waals surface area (Å²) in [6, 6.07) is -1.22. The van der Waals surface area contributed by atoms with Crippen LogP contribution in [0.25, 0.3) is 0 Å². The Morgan fingerprint density at radius 2 is 1.26 bits per heavy atom. The molecule has 0 radical (unpaired) electrons. The van der Waals surface area contributed by atoms with Crippen molar-refractivity contribution in [3.63, 3.8) is 0 Å². The maximum absolute atomic E-state index is 12.3. The lowest BCUT2D eigenvalue weighted by Gasteiger charge is -2.22. The number of hydrogen-bond donors (Lipinski definition) is 4. The lowest BCUT2D eigenvalue weighted by Crippen LogP contribution is -2.50. The number of carbonyl (C=O) groups is 1. The van der Waals surface area contributed by atoms with Crippen LogP contribution in [-0.2, 0) is 14.9 Å². The molecule has 34 heavy (non-hydrogen) atoms. The molecular weight excluding hydrogens is 454 g/mol. The highest BCUT2D eigenvalue weighted by molar-refractivity contribution is 7.85. The Kier molecular flexibility index (Phi) is 20.7. The first kappa shape index (κ1) is 33.0. The minimum Gasteiger partial charge on any atom is -0.387 e. The van der Waals surface area contributed by atoms with Gasteiger partial charge < -0.3 is 15.5 Å². The monoisotopic (exact) mass is 505 g/mol. The molecule has 0 rings (SSSR count). The maximum Gasteiger partial charge on any atom is 0.267 e. The number of nitrogens with one attached hydrogen (secondary N) is 1. The summed E-state index contributed by atoms with van der Waals surface area (Å²) in [6.07, 6.45) is 19.0. The van der Waals surface area contributed by atoms with Gasteiger partial charge >= 0.3 is 0 Å². The van der Waals surface area contributed by atoms with Crippen molar-refractivity contribution in [2.24, 2.45) is 0 Å². The summed E-state index contributed by atoms with van der Waals surface area (Å²) in [4.78, 5) is 12.3. The first-order valence-electron chi connectivity index (χ1n) is 13.5. The molecule has 8 heteroatoms. The quantitative estimate of drug-likeness (QED) is 0.0847. The zero-order valence-corrected chi connectivity index (χ0v) is 22.4. The molecule has 0 aliphatic carbocycles. The van der Waals surface area contributed by atoms with Gasteiger partial charge in [0, 0.05) is 0 Å². The van der Waals surface area contributed by atoms with Gasteiger partial charge in [-0.05, 0) is 19.3 Å². The number of amides is 1. The molecule has 0 bridgehead atoms. The molecule has 0 aromatic rings. The summed E-state index contributed by atoms with van der Waals surface area (Å²) in [5.41, 5.74) is 0. The summed E-state index contributed by atoms with van der Waals surface area (Å²) in [6.45, 7) is 4.31. The van der Waals surface area contributed by atoms with Gasteiger partial charge in [0.2, 0.25) is 5.91 Å². The van der Waals surface area contributed by atoms with Crippen molar-refractivity contribution < 1.29 is 28.0 Å². The second kappa shape index (κ2) is 21.3. The molecule has 7 nitrogen and oxygen atoms in total. The van der Waals surface area contributed by atoms with Gasteiger partial charge in [-0.2, -0.15) is 8.42 Å². The molecule has 4 N–H and O–H groups in total. The average Bonchev–Trinajstić information content (AvgIpc) is 2.78. The van der Waals surface area contributed by atoms with Gasteiger partial charge in [-0.1, -0.05) is 116 Å². The fraction of sp³-hybridized carbons (Fsp3) is 0.885. The van der Waals surface area contributed by atoms with Crippen LogP contribution in [0.4, 0.5) is 0 Å². The molecule has 0 spiro atoms. The van der Waals surface area contributed by atoms with E-state index in [9.17, 15) is 28.0 Å². The van der Waals surface area contributed by atoms with E-state index in [1.165, 1.54) is 57.4 Å². The number of carbonyl (C=O) groups excluding carboxylic acids is 1. The predicted octanol–water partition coefficient (Wildman–Crippen LogP) is 5.31. The van der Waals surface area contributed by atoms with E-state index in [0.29, 0.717) is 6.42 Å². The molecular formula is C26H51NO6S. The Bertz CT molecular complexity index is 623. The number of rotatable bonds is 23. The number of aliphatic hydroxyl groups is 2. The zero-order chi connectivity index (χ0) is 25.7. The Balaban J connectivity index is 4.19. The van der Waals surface area contributed by atoms with Crippen molar-refractivity contribution in [1.29, 1.82) is 0 Å². The molecule has 3 unspecified atom stereocenters. The van der Waals surface area contributed by atoms with Gasteiger partial charge in [0.1, 0.15) is 6.10 Å². The topological polar surface area (TPSA) is 124 Å². The first-order chi connectivity index (χ1) is 16.2. The van der Waals surface area contributed by atoms with Crippen molar-refractivity contribution in [2.75, 3.05) is 5.75 Å². The highest BCUT2D eigenvalue weighted by Crippen LogP contribution is 2.13. The minimum atomic E-state index is -4.41. The van der Waals surface area contributed by atoms with Gasteiger partial charge in [0.15, 0.2) is 0 Å². The summed E-state index contributed by atoms with van der Waals surface area (Å²) < 4.78 is 31.8. The Morgan fingerprint density at radius 1 is 0.794 bits per heavy atom. The molecule has 0 fully saturated rings. The van der Waals surface area contributed by atoms with Gasteiger partial charge in [-0.15, -0.1) is 0 Å². The molecule has 0 aliphatic heterocycles. The zero-order valence-electron chi connectivity index (χ0n) is 21.6. The molecule has 0 heterocycles. The van der Waals surface area contributed by atoms with Crippen LogP contribution in [0.15, 0.2) is 12.2 Å². The fourth-order valence-electron chi connectivity index (χ4n) is 3.92. The van der Waals surface area contributed by atoms with Gasteiger partial charge in [0.25, 0.3) is 10.1 Å². The van der Waals surface area contributed by atoms with E-state index in [-0.39, 0.29) is 6.42 Å². The van der Waals surface area contributed by atoms with Crippen LogP contribution in [-0.4, -0.2) is 53.1 Å². The van der Waals surface area contributed by atoms with Crippen LogP contribution >= 0.6 is 0 Å². The smallest absolute Gasteiger partial charge is 0.267 e. The summed E-state index contributed by atoms with van der Waals surface area (Å²) >= 11 is 0. The number of allylic oxidation sites excluding steroid dienone is 1. The van der Waals surface area contributed by atoms with Crippen molar-refractivity contribution >= 4 is 16.0 Å². The average molecular weight is 506 g/mol. The van der Waals surface area contributed by atoms with Gasteiger partial charge in [-0.3, -0.25) is 9.35 Å². The second-order valence-corrected chi connectivity index (χ2v) is 11.0. The largest absolute Gasteiger partial charge is 0.387 e. The second-order valence-electron chi connectivity index (χ2n) is 9.47. The van der Waals surface area contributed by atoms with Crippen LogP contribution in [0, 0.1) is 0 Å². The number of unbranched alkanes of at least 4 members (excludes halogenated alkanes) is 14. The van der Waals surface area contributed by atoms with E-state index < -0.39 is 40.0 Å². The van der Waals surface area contributed by atoms with E-state index in [1.807, 2.05) is 0 Å². The van der Waals surface area contributed by atoms with Crippen LogP contribution in [0.5, 0.6) is 0 Å². The number of hydrogen-bond acceptors (Lipinski definition) is 5. The molecule has 0 aliphatic rings. The predicted molar refractivity (Wildman–Crippen MR) is 139 cm³/mol. The lowest BCUT2D eigenvalue weighted by molar-refractivity contribution is -0.130. The number of aliphatic hydroxyl groups excluding tert-OH is 2. The maximum atomic E-state index is 12.3. The van der Waals surface area contributed by atoms with E-state index >= 15 is 0 Å². The van der Waals surface area contributed by atoms with Crippen molar-refractivity contribution in [2.45, 2.75) is 141 Å². The molecule has 1 amide bonds. The molecule has 0 aromatic heterocycles. The Labute approximate surface area is 208 Å². The van der Waals surface area contributed by atoms with E-state index in [4.69, 9.17) is 0 Å². The fourth-order valence-corrected chi connectivity index (χ4v) is 4.66. The first-order valence-corrected chi connectivity index (χ1v) is 15.1. The third kappa shape index (κ3) is 20.4. The van der Waals surface area contributed by atoms with Crippen LogP contribution in [0.2, 0.25) is 0 Å². The third-order valence-corrected chi connectivity index (χ3v) is 6.85. The standard InChI is InChI=1S/C26H51NO6S/c1-3-5-7-9-10-11-12-13-14-15-17-19-21-25(29)26(30)27-23(22-34(31,32)33)24(28)20-18-16-8-6-4-2/h18,20,23-25,28-29H,3-17,19,21-22H2,1-2H3,(H,27,30)(H,31,32,33)/b20-18+.